The minimum Gasteiger partial charge on any atom is -0.371 e. The van der Waals surface area contributed by atoms with E-state index in [1.807, 2.05) is 13.8 Å². The molecule has 90 valence electrons. The van der Waals surface area contributed by atoms with Gasteiger partial charge in [-0.1, -0.05) is 13.0 Å². The molecule has 0 unspecified atom stereocenters. The molecule has 16 heavy (non-hydrogen) atoms. The van der Waals surface area contributed by atoms with E-state index in [1.54, 1.807) is 12.1 Å². The van der Waals surface area contributed by atoms with Crippen molar-refractivity contribution in [2.24, 2.45) is 5.73 Å². The fourth-order valence-corrected chi connectivity index (χ4v) is 1.26. The molecule has 0 spiro atoms. The fraction of sp³-hybridized carbons (Fsp3) is 0.538. The molecule has 0 aliphatic carbocycles. The summed E-state index contributed by atoms with van der Waals surface area (Å²) in [5.74, 6) is -0.249. The number of nitrogens with two attached hydrogens (primary N) is 1. The van der Waals surface area contributed by atoms with Crippen LogP contribution in [-0.2, 0) is 17.9 Å². The maximum atomic E-state index is 13.2. The van der Waals surface area contributed by atoms with Gasteiger partial charge in [-0.05, 0) is 38.0 Å². The van der Waals surface area contributed by atoms with Gasteiger partial charge in [0, 0.05) is 12.1 Å². The third kappa shape index (κ3) is 3.58. The van der Waals surface area contributed by atoms with Gasteiger partial charge in [0.25, 0.3) is 0 Å². The summed E-state index contributed by atoms with van der Waals surface area (Å²) in [6, 6.07) is 4.95. The normalized spacial score (nSPS) is 11.8. The molecule has 0 amide bonds. The molecule has 2 nitrogen and oxygen atoms in total. The highest BCUT2D eigenvalue weighted by Gasteiger charge is 2.15. The number of rotatable bonds is 5. The molecule has 0 aliphatic heterocycles. The van der Waals surface area contributed by atoms with Crippen molar-refractivity contribution in [1.82, 2.24) is 0 Å². The Morgan fingerprint density at radius 3 is 2.62 bits per heavy atom. The predicted molar refractivity (Wildman–Crippen MR) is 63.5 cm³/mol. The highest BCUT2D eigenvalue weighted by Crippen LogP contribution is 2.18. The van der Waals surface area contributed by atoms with E-state index < -0.39 is 0 Å². The summed E-state index contributed by atoms with van der Waals surface area (Å²) >= 11 is 0. The summed E-state index contributed by atoms with van der Waals surface area (Å²) in [7, 11) is 0. The highest BCUT2D eigenvalue weighted by atomic mass is 19.1. The minimum absolute atomic E-state index is 0.142. The molecule has 0 saturated heterocycles. The van der Waals surface area contributed by atoms with Crippen LogP contribution in [-0.4, -0.2) is 5.60 Å². The summed E-state index contributed by atoms with van der Waals surface area (Å²) in [6.07, 6.45) is 0.942. The van der Waals surface area contributed by atoms with E-state index in [4.69, 9.17) is 10.5 Å². The Kier molecular flexibility index (Phi) is 4.44. The Bertz CT molecular complexity index is 350. The van der Waals surface area contributed by atoms with Crippen molar-refractivity contribution in [3.05, 3.63) is 35.1 Å². The van der Waals surface area contributed by atoms with Crippen LogP contribution in [0.25, 0.3) is 0 Å². The van der Waals surface area contributed by atoms with Crippen LogP contribution in [0.1, 0.15) is 38.3 Å². The highest BCUT2D eigenvalue weighted by molar-refractivity contribution is 5.24. The van der Waals surface area contributed by atoms with Crippen molar-refractivity contribution in [2.75, 3.05) is 0 Å². The van der Waals surface area contributed by atoms with Crippen molar-refractivity contribution in [1.29, 1.82) is 0 Å². The number of halogens is 1. The van der Waals surface area contributed by atoms with E-state index in [2.05, 4.69) is 6.92 Å². The largest absolute Gasteiger partial charge is 0.371 e. The van der Waals surface area contributed by atoms with Gasteiger partial charge in [-0.2, -0.15) is 0 Å². The molecule has 1 rings (SSSR count). The number of hydrogen-bond acceptors (Lipinski definition) is 2. The maximum absolute atomic E-state index is 13.2. The SMILES string of the molecule is CCC(C)(C)OCc1ccc(F)c(CN)c1. The Morgan fingerprint density at radius 2 is 2.06 bits per heavy atom. The zero-order valence-corrected chi connectivity index (χ0v) is 10.2. The second-order valence-corrected chi connectivity index (χ2v) is 4.53. The molecule has 2 N–H and O–H groups in total. The van der Waals surface area contributed by atoms with Gasteiger partial charge in [0.1, 0.15) is 5.82 Å². The van der Waals surface area contributed by atoms with Crippen molar-refractivity contribution in [3.63, 3.8) is 0 Å². The van der Waals surface area contributed by atoms with Crippen LogP contribution in [0.5, 0.6) is 0 Å². The van der Waals surface area contributed by atoms with Crippen LogP contribution in [0.3, 0.4) is 0 Å². The second-order valence-electron chi connectivity index (χ2n) is 4.53. The zero-order chi connectivity index (χ0) is 12.2. The van der Waals surface area contributed by atoms with E-state index in [0.717, 1.165) is 12.0 Å². The number of benzene rings is 1. The Hall–Kier alpha value is -0.930. The average Bonchev–Trinajstić information content (AvgIpc) is 2.28. The van der Waals surface area contributed by atoms with Crippen LogP contribution in [0.2, 0.25) is 0 Å². The van der Waals surface area contributed by atoms with Gasteiger partial charge in [0.2, 0.25) is 0 Å². The molecular formula is C13H20FNO. The smallest absolute Gasteiger partial charge is 0.127 e. The first-order valence-electron chi connectivity index (χ1n) is 5.60. The van der Waals surface area contributed by atoms with Crippen molar-refractivity contribution in [3.8, 4) is 0 Å². The molecule has 0 fully saturated rings. The van der Waals surface area contributed by atoms with Crippen LogP contribution in [0, 0.1) is 5.82 Å². The van der Waals surface area contributed by atoms with E-state index in [1.165, 1.54) is 6.07 Å². The Labute approximate surface area is 96.6 Å². The lowest BCUT2D eigenvalue weighted by atomic mass is 10.1. The van der Waals surface area contributed by atoms with Crippen molar-refractivity contribution >= 4 is 0 Å². The Balaban J connectivity index is 2.68. The summed E-state index contributed by atoms with van der Waals surface area (Å²) < 4.78 is 18.9. The van der Waals surface area contributed by atoms with Gasteiger partial charge in [-0.3, -0.25) is 0 Å². The molecule has 0 aromatic heterocycles. The minimum atomic E-state index is -0.249. The lowest BCUT2D eigenvalue weighted by Gasteiger charge is -2.23. The van der Waals surface area contributed by atoms with Crippen LogP contribution in [0.15, 0.2) is 18.2 Å². The van der Waals surface area contributed by atoms with E-state index >= 15 is 0 Å². The topological polar surface area (TPSA) is 35.2 Å². The summed E-state index contributed by atoms with van der Waals surface area (Å²) in [4.78, 5) is 0. The molecule has 1 aromatic carbocycles. The first-order chi connectivity index (χ1) is 7.48. The third-order valence-electron chi connectivity index (χ3n) is 2.81. The van der Waals surface area contributed by atoms with Crippen LogP contribution < -0.4 is 5.73 Å². The maximum Gasteiger partial charge on any atom is 0.127 e. The van der Waals surface area contributed by atoms with Gasteiger partial charge in [0.15, 0.2) is 0 Å². The van der Waals surface area contributed by atoms with E-state index in [0.29, 0.717) is 12.2 Å². The Morgan fingerprint density at radius 1 is 1.38 bits per heavy atom. The van der Waals surface area contributed by atoms with Crippen molar-refractivity contribution in [2.45, 2.75) is 45.9 Å². The molecule has 0 heterocycles. The van der Waals surface area contributed by atoms with E-state index in [-0.39, 0.29) is 18.0 Å². The van der Waals surface area contributed by atoms with Crippen molar-refractivity contribution < 1.29 is 9.13 Å². The molecule has 0 atom stereocenters. The number of hydrogen-bond donors (Lipinski definition) is 1. The lowest BCUT2D eigenvalue weighted by molar-refractivity contribution is -0.0316. The first-order valence-corrected chi connectivity index (χ1v) is 5.60. The molecule has 0 bridgehead atoms. The van der Waals surface area contributed by atoms with E-state index in [9.17, 15) is 4.39 Å². The molecule has 0 saturated carbocycles. The number of ether oxygens (including phenoxy) is 1. The zero-order valence-electron chi connectivity index (χ0n) is 10.2. The van der Waals surface area contributed by atoms with Gasteiger partial charge >= 0.3 is 0 Å². The van der Waals surface area contributed by atoms with Gasteiger partial charge in [-0.15, -0.1) is 0 Å². The lowest BCUT2D eigenvalue weighted by Crippen LogP contribution is -2.22. The summed E-state index contributed by atoms with van der Waals surface area (Å²) in [6.45, 7) is 6.88. The fourth-order valence-electron chi connectivity index (χ4n) is 1.26. The first kappa shape index (κ1) is 13.1. The molecule has 3 heteroatoms. The molecule has 0 radical (unpaired) electrons. The molecule has 0 aliphatic rings. The monoisotopic (exact) mass is 225 g/mol. The van der Waals surface area contributed by atoms with Gasteiger partial charge < -0.3 is 10.5 Å². The van der Waals surface area contributed by atoms with Crippen LogP contribution in [0.4, 0.5) is 4.39 Å². The summed E-state index contributed by atoms with van der Waals surface area (Å²) in [5.41, 5.74) is 6.80. The second kappa shape index (κ2) is 5.41. The molecule has 1 aromatic rings. The van der Waals surface area contributed by atoms with Crippen LogP contribution >= 0.6 is 0 Å². The van der Waals surface area contributed by atoms with Gasteiger partial charge in [0.05, 0.1) is 12.2 Å². The standard InChI is InChI=1S/C13H20FNO/c1-4-13(2,3)16-9-10-5-6-12(14)11(7-10)8-15/h5-7H,4,8-9,15H2,1-3H3. The molecular weight excluding hydrogens is 205 g/mol. The average molecular weight is 225 g/mol. The summed E-state index contributed by atoms with van der Waals surface area (Å²) in [5, 5.41) is 0. The predicted octanol–water partition coefficient (Wildman–Crippen LogP) is 2.99. The van der Waals surface area contributed by atoms with Gasteiger partial charge in [-0.25, -0.2) is 4.39 Å². The third-order valence-corrected chi connectivity index (χ3v) is 2.81. The quantitative estimate of drug-likeness (QED) is 0.836.